The number of aromatic nitrogens is 2. The molecule has 0 bridgehead atoms. The summed E-state index contributed by atoms with van der Waals surface area (Å²) >= 11 is 0. The molecule has 1 atom stereocenters. The lowest BCUT2D eigenvalue weighted by Crippen LogP contribution is -2.74. The lowest BCUT2D eigenvalue weighted by Gasteiger charge is -2.54. The van der Waals surface area contributed by atoms with Crippen LogP contribution in [0.1, 0.15) is 37.9 Å². The highest BCUT2D eigenvalue weighted by Crippen LogP contribution is 2.45. The van der Waals surface area contributed by atoms with Gasteiger partial charge < -0.3 is 10.0 Å². The van der Waals surface area contributed by atoms with Crippen molar-refractivity contribution in [1.29, 1.82) is 0 Å². The van der Waals surface area contributed by atoms with Gasteiger partial charge in [-0.25, -0.2) is 9.59 Å². The van der Waals surface area contributed by atoms with Crippen LogP contribution in [0.15, 0.2) is 32.8 Å². The van der Waals surface area contributed by atoms with Crippen molar-refractivity contribution in [2.45, 2.75) is 39.3 Å². The monoisotopic (exact) mass is 523 g/mol. The van der Waals surface area contributed by atoms with Gasteiger partial charge >= 0.3 is 11.7 Å². The number of aromatic hydroxyl groups is 1. The van der Waals surface area contributed by atoms with E-state index >= 15 is 0 Å². The minimum Gasteiger partial charge on any atom is -0.494 e. The third-order valence-electron chi connectivity index (χ3n) is 7.60. The number of aromatic amines is 1. The Morgan fingerprint density at radius 2 is 1.84 bits per heavy atom. The van der Waals surface area contributed by atoms with Gasteiger partial charge in [-0.3, -0.25) is 44.5 Å². The number of urea groups is 1. The first-order valence-electron chi connectivity index (χ1n) is 12.5. The van der Waals surface area contributed by atoms with Crippen LogP contribution in [0.25, 0.3) is 0 Å². The molecule has 4 heterocycles. The number of benzene rings is 1. The molecule has 0 radical (unpaired) electrons. The maximum Gasteiger partial charge on any atom is 0.331 e. The third-order valence-corrected chi connectivity index (χ3v) is 7.60. The van der Waals surface area contributed by atoms with Crippen molar-refractivity contribution in [3.05, 3.63) is 50.2 Å². The molecule has 4 amide bonds. The fourth-order valence-electron chi connectivity index (χ4n) is 5.64. The number of amides is 4. The normalized spacial score (nSPS) is 21.0. The quantitative estimate of drug-likeness (QED) is 0.320. The van der Waals surface area contributed by atoms with Crippen molar-refractivity contribution < 1.29 is 19.5 Å². The molecule has 0 aliphatic carbocycles. The molecule has 1 spiro atoms. The van der Waals surface area contributed by atoms with Crippen molar-refractivity contribution in [3.8, 4) is 5.88 Å². The van der Waals surface area contributed by atoms with E-state index in [0.29, 0.717) is 24.3 Å². The molecule has 5 rings (SSSR count). The first-order chi connectivity index (χ1) is 18.1. The molecule has 2 saturated heterocycles. The van der Waals surface area contributed by atoms with E-state index in [0.717, 1.165) is 23.3 Å². The molecule has 0 saturated carbocycles. The molecule has 1 unspecified atom stereocenters. The van der Waals surface area contributed by atoms with Gasteiger partial charge in [-0.15, -0.1) is 0 Å². The van der Waals surface area contributed by atoms with E-state index in [9.17, 15) is 29.1 Å². The molecule has 2 aromatic rings. The van der Waals surface area contributed by atoms with Crippen LogP contribution in [-0.4, -0.2) is 75.8 Å². The standard InChI is InChI=1S/C25H29N7O6/c1-4-30-7-8-31-17-6-5-15(26-11-16-19(33)27-24(38)32(13(2)3)20(16)34)9-14(17)10-25(18(31)12-30)21(35)28-23(37)29-22(25)36/h5-6,9,11,13,18,34H,4,7-8,10,12H2,1-3H3,(H,27,33,38)(H2,28,29,35,36,37). The van der Waals surface area contributed by atoms with Crippen LogP contribution < -0.4 is 26.8 Å². The Balaban J connectivity index is 1.56. The predicted octanol–water partition coefficient (Wildman–Crippen LogP) is -0.00730. The first-order valence-corrected chi connectivity index (χ1v) is 12.5. The molecule has 1 aromatic carbocycles. The van der Waals surface area contributed by atoms with Crippen LogP contribution in [0.2, 0.25) is 0 Å². The van der Waals surface area contributed by atoms with Gasteiger partial charge in [0.1, 0.15) is 5.56 Å². The summed E-state index contributed by atoms with van der Waals surface area (Å²) in [6.07, 6.45) is 1.23. The second-order valence-electron chi connectivity index (χ2n) is 10.0. The van der Waals surface area contributed by atoms with Gasteiger partial charge in [0.25, 0.3) is 5.56 Å². The van der Waals surface area contributed by atoms with Gasteiger partial charge in [0.2, 0.25) is 17.7 Å². The van der Waals surface area contributed by atoms with Gasteiger partial charge in [-0.2, -0.15) is 0 Å². The summed E-state index contributed by atoms with van der Waals surface area (Å²) in [5, 5.41) is 15.1. The van der Waals surface area contributed by atoms with E-state index in [-0.39, 0.29) is 12.0 Å². The van der Waals surface area contributed by atoms with Crippen molar-refractivity contribution in [1.82, 2.24) is 25.1 Å². The molecule has 4 N–H and O–H groups in total. The van der Waals surface area contributed by atoms with Crippen molar-refractivity contribution >= 4 is 35.4 Å². The maximum absolute atomic E-state index is 13.3. The zero-order chi connectivity index (χ0) is 27.4. The summed E-state index contributed by atoms with van der Waals surface area (Å²) in [7, 11) is 0. The smallest absolute Gasteiger partial charge is 0.331 e. The SMILES string of the molecule is CCN1CCN2c3ccc(N=Cc4c(O)n(C(C)C)c(=O)[nH]c4=O)cc3CC3(C(=O)NC(=O)NC3=O)C2C1. The van der Waals surface area contributed by atoms with Crippen molar-refractivity contribution in [2.75, 3.05) is 31.1 Å². The Morgan fingerprint density at radius 1 is 1.13 bits per heavy atom. The molecule has 13 heteroatoms. The Bertz CT molecular complexity index is 1470. The fraction of sp³-hybridized carbons (Fsp3) is 0.440. The summed E-state index contributed by atoms with van der Waals surface area (Å²) in [6, 6.07) is 3.61. The Hall–Kier alpha value is -4.26. The van der Waals surface area contributed by atoms with Gasteiger partial charge in [-0.1, -0.05) is 6.92 Å². The van der Waals surface area contributed by atoms with E-state index in [1.807, 2.05) is 17.9 Å². The number of imide groups is 2. The van der Waals surface area contributed by atoms with Crippen molar-refractivity contribution in [2.24, 2.45) is 10.4 Å². The summed E-state index contributed by atoms with van der Waals surface area (Å²) in [6.45, 7) is 7.99. The Morgan fingerprint density at radius 3 is 2.50 bits per heavy atom. The van der Waals surface area contributed by atoms with Gasteiger partial charge in [-0.05, 0) is 50.6 Å². The highest BCUT2D eigenvalue weighted by molar-refractivity contribution is 6.20. The average molecular weight is 524 g/mol. The van der Waals surface area contributed by atoms with E-state index in [1.165, 1.54) is 6.21 Å². The van der Waals surface area contributed by atoms with E-state index < -0.39 is 52.5 Å². The van der Waals surface area contributed by atoms with Gasteiger partial charge in [0, 0.05) is 37.6 Å². The zero-order valence-electron chi connectivity index (χ0n) is 21.3. The number of nitrogens with one attached hydrogen (secondary N) is 3. The second-order valence-corrected chi connectivity index (χ2v) is 10.0. The molecule has 3 aliphatic rings. The van der Waals surface area contributed by atoms with E-state index in [4.69, 9.17) is 0 Å². The van der Waals surface area contributed by atoms with Gasteiger partial charge in [0.15, 0.2) is 5.41 Å². The number of carbonyl (C=O) groups excluding carboxylic acids is 3. The minimum atomic E-state index is -1.51. The third kappa shape index (κ3) is 3.90. The molecule has 200 valence electrons. The highest BCUT2D eigenvalue weighted by Gasteiger charge is 2.60. The van der Waals surface area contributed by atoms with Gasteiger partial charge in [0.05, 0.1) is 11.7 Å². The zero-order valence-corrected chi connectivity index (χ0v) is 21.3. The molecule has 3 aliphatic heterocycles. The number of rotatable bonds is 4. The number of likely N-dealkylation sites (N-methyl/N-ethyl adjacent to an activating group) is 1. The summed E-state index contributed by atoms with van der Waals surface area (Å²) in [4.78, 5) is 73.6. The number of barbiturate groups is 1. The number of anilines is 1. The topological polar surface area (TPSA) is 169 Å². The Kier molecular flexibility index (Phi) is 6.18. The number of nitrogens with zero attached hydrogens (tertiary/aromatic N) is 4. The summed E-state index contributed by atoms with van der Waals surface area (Å²) < 4.78 is 1.05. The Labute approximate surface area is 217 Å². The predicted molar refractivity (Wildman–Crippen MR) is 138 cm³/mol. The lowest BCUT2D eigenvalue weighted by molar-refractivity contribution is -0.147. The van der Waals surface area contributed by atoms with Crippen LogP contribution in [0.4, 0.5) is 16.2 Å². The molecular weight excluding hydrogens is 494 g/mol. The number of piperazine rings is 1. The largest absolute Gasteiger partial charge is 0.494 e. The summed E-state index contributed by atoms with van der Waals surface area (Å²) in [5.74, 6) is -1.76. The second kappa shape index (κ2) is 9.24. The van der Waals surface area contributed by atoms with E-state index in [2.05, 4.69) is 25.5 Å². The van der Waals surface area contributed by atoms with Crippen LogP contribution in [0, 0.1) is 5.41 Å². The fourth-order valence-corrected chi connectivity index (χ4v) is 5.64. The molecule has 13 nitrogen and oxygen atoms in total. The maximum atomic E-state index is 13.3. The summed E-state index contributed by atoms with van der Waals surface area (Å²) in [5.41, 5.74) is -1.22. The van der Waals surface area contributed by atoms with Crippen LogP contribution >= 0.6 is 0 Å². The van der Waals surface area contributed by atoms with Crippen LogP contribution in [0.5, 0.6) is 5.88 Å². The average Bonchev–Trinajstić information content (AvgIpc) is 2.85. The number of H-pyrrole nitrogens is 1. The molecule has 2 fully saturated rings. The molecular formula is C25H29N7O6. The van der Waals surface area contributed by atoms with Crippen molar-refractivity contribution in [3.63, 3.8) is 0 Å². The van der Waals surface area contributed by atoms with Crippen LogP contribution in [-0.2, 0) is 16.0 Å². The molecule has 38 heavy (non-hydrogen) atoms. The number of fused-ring (bicyclic) bond motifs is 4. The van der Waals surface area contributed by atoms with E-state index in [1.54, 1.807) is 26.0 Å². The molecule has 1 aromatic heterocycles. The number of hydrogen-bond acceptors (Lipinski definition) is 9. The highest BCUT2D eigenvalue weighted by atomic mass is 16.3. The number of hydrogen-bond donors (Lipinski definition) is 4. The lowest BCUT2D eigenvalue weighted by atomic mass is 9.68. The minimum absolute atomic E-state index is 0.0550. The van der Waals surface area contributed by atoms with Crippen LogP contribution in [0.3, 0.4) is 0 Å². The first kappa shape index (κ1) is 25.4. The number of aliphatic imine (C=N–C) groups is 1. The number of carbonyl (C=O) groups is 3.